The maximum Gasteiger partial charge on any atom is 0.329 e. The second kappa shape index (κ2) is 7.75. The Morgan fingerprint density at radius 2 is 1.03 bits per heavy atom. The smallest absolute Gasteiger partial charge is 0.329 e. The molecule has 0 bridgehead atoms. The molecule has 0 amide bonds. The summed E-state index contributed by atoms with van der Waals surface area (Å²) in [4.78, 5) is 2.54. The van der Waals surface area contributed by atoms with Gasteiger partial charge in [0.15, 0.2) is 0 Å². The zero-order valence-corrected chi connectivity index (χ0v) is 21.1. The van der Waals surface area contributed by atoms with Crippen molar-refractivity contribution in [1.82, 2.24) is 0 Å². The topological polar surface area (TPSA) is 16.4 Å². The average molecular weight is 495 g/mol. The summed E-state index contributed by atoms with van der Waals surface area (Å²) in [6.07, 6.45) is 0. The van der Waals surface area contributed by atoms with Gasteiger partial charge in [0.2, 0.25) is 0 Å². The van der Waals surface area contributed by atoms with Crippen molar-refractivity contribution in [2.24, 2.45) is 0 Å². The van der Waals surface area contributed by atoms with Crippen LogP contribution < -0.4 is 15.7 Å². The lowest BCUT2D eigenvalue weighted by Gasteiger charge is -2.43. The van der Waals surface area contributed by atoms with Crippen LogP contribution in [-0.2, 0) is 0 Å². The van der Waals surface area contributed by atoms with Crippen LogP contribution in [0.2, 0.25) is 0 Å². The van der Waals surface area contributed by atoms with E-state index in [0.717, 1.165) is 21.9 Å². The van der Waals surface area contributed by atoms with E-state index in [1.807, 2.05) is 12.1 Å². The fourth-order valence-electron chi connectivity index (χ4n) is 6.77. The maximum atomic E-state index is 6.10. The van der Waals surface area contributed by atoms with Crippen LogP contribution in [0.15, 0.2) is 138 Å². The van der Waals surface area contributed by atoms with Gasteiger partial charge in [-0.3, -0.25) is 0 Å². The van der Waals surface area contributed by atoms with Crippen LogP contribution >= 0.6 is 0 Å². The van der Waals surface area contributed by atoms with Crippen molar-refractivity contribution in [2.45, 2.75) is 0 Å². The Hall–Kier alpha value is -5.02. The van der Waals surface area contributed by atoms with Crippen LogP contribution in [0, 0.1) is 0 Å². The van der Waals surface area contributed by atoms with Gasteiger partial charge in [-0.25, -0.2) is 0 Å². The summed E-state index contributed by atoms with van der Waals surface area (Å²) in [6.45, 7) is 0.121. The van der Waals surface area contributed by atoms with Gasteiger partial charge < -0.3 is 9.23 Å². The van der Waals surface area contributed by atoms with E-state index in [1.165, 1.54) is 55.7 Å². The number of rotatable bonds is 1. The maximum absolute atomic E-state index is 6.10. The van der Waals surface area contributed by atoms with Crippen molar-refractivity contribution < 1.29 is 4.42 Å². The van der Waals surface area contributed by atoms with Gasteiger partial charge in [-0.2, -0.15) is 0 Å². The molecule has 0 atom stereocenters. The van der Waals surface area contributed by atoms with Gasteiger partial charge in [-0.15, -0.1) is 0 Å². The quantitative estimate of drug-likeness (QED) is 0.214. The highest BCUT2D eigenvalue weighted by molar-refractivity contribution is 6.92. The lowest BCUT2D eigenvalue weighted by atomic mass is 9.43. The molecular formula is C36H22BNO. The van der Waals surface area contributed by atoms with Crippen molar-refractivity contribution >= 4 is 51.1 Å². The van der Waals surface area contributed by atoms with Gasteiger partial charge in [-0.1, -0.05) is 97.1 Å². The van der Waals surface area contributed by atoms with Crippen molar-refractivity contribution in [1.29, 1.82) is 0 Å². The number of benzene rings is 6. The van der Waals surface area contributed by atoms with Crippen molar-refractivity contribution in [2.75, 3.05) is 4.81 Å². The molecular weight excluding hydrogens is 473 g/mol. The Balaban J connectivity index is 1.28. The molecule has 0 aliphatic carbocycles. The molecule has 0 fully saturated rings. The molecule has 0 radical (unpaired) electrons. The highest BCUT2D eigenvalue weighted by Crippen LogP contribution is 2.46. The fourth-order valence-corrected chi connectivity index (χ4v) is 6.77. The van der Waals surface area contributed by atoms with Crippen molar-refractivity contribution in [3.8, 4) is 33.4 Å². The molecule has 3 heterocycles. The van der Waals surface area contributed by atoms with Crippen LogP contribution in [0.25, 0.3) is 55.3 Å². The molecule has 6 aromatic carbocycles. The summed E-state index contributed by atoms with van der Waals surface area (Å²) < 4.78 is 6.10. The largest absolute Gasteiger partial charge is 0.456 e. The molecule has 3 heteroatoms. The van der Waals surface area contributed by atoms with Crippen molar-refractivity contribution in [3.63, 3.8) is 0 Å². The molecule has 9 rings (SSSR count). The second-order valence-corrected chi connectivity index (χ2v) is 10.5. The number of para-hydroxylation sites is 3. The van der Waals surface area contributed by atoms with Crippen LogP contribution in [0.5, 0.6) is 0 Å². The van der Waals surface area contributed by atoms with Gasteiger partial charge in [0.1, 0.15) is 11.2 Å². The minimum absolute atomic E-state index is 0.121. The number of fused-ring (bicyclic) bond motifs is 14. The Labute approximate surface area is 226 Å². The first-order valence-electron chi connectivity index (χ1n) is 13.5. The van der Waals surface area contributed by atoms with Gasteiger partial charge in [0.25, 0.3) is 0 Å². The zero-order chi connectivity index (χ0) is 25.5. The zero-order valence-electron chi connectivity index (χ0n) is 21.1. The lowest BCUT2D eigenvalue weighted by molar-refractivity contribution is 0.669. The van der Waals surface area contributed by atoms with Crippen LogP contribution in [0.1, 0.15) is 0 Å². The van der Waals surface area contributed by atoms with Gasteiger partial charge in [0, 0.05) is 33.3 Å². The van der Waals surface area contributed by atoms with E-state index in [9.17, 15) is 0 Å². The summed E-state index contributed by atoms with van der Waals surface area (Å²) in [7, 11) is 0. The normalized spacial score (nSPS) is 13.0. The van der Waals surface area contributed by atoms with E-state index in [4.69, 9.17) is 4.42 Å². The van der Waals surface area contributed by atoms with Crippen molar-refractivity contribution in [3.05, 3.63) is 133 Å². The van der Waals surface area contributed by atoms with Crippen LogP contribution in [-0.4, -0.2) is 6.85 Å². The highest BCUT2D eigenvalue weighted by Gasteiger charge is 2.41. The number of anilines is 2. The predicted octanol–water partition coefficient (Wildman–Crippen LogP) is 8.16. The molecule has 0 spiro atoms. The van der Waals surface area contributed by atoms with E-state index in [1.54, 1.807) is 0 Å². The number of furan rings is 1. The van der Waals surface area contributed by atoms with Gasteiger partial charge in [-0.05, 0) is 69.6 Å². The predicted molar refractivity (Wildman–Crippen MR) is 164 cm³/mol. The summed E-state index contributed by atoms with van der Waals surface area (Å²) in [5.41, 5.74) is 14.7. The number of nitrogens with zero attached hydrogens (tertiary/aromatic N) is 1. The molecule has 1 aromatic heterocycles. The second-order valence-electron chi connectivity index (χ2n) is 10.5. The third kappa shape index (κ3) is 2.87. The molecule has 0 saturated heterocycles. The molecule has 7 aromatic rings. The van der Waals surface area contributed by atoms with Gasteiger partial charge >= 0.3 is 6.85 Å². The number of hydrogen-bond acceptors (Lipinski definition) is 2. The number of hydrogen-bond donors (Lipinski definition) is 0. The molecule has 2 aliphatic heterocycles. The standard InChI is InChI=1S/C36H22BNO/c1-5-13-31-25(9-1)26-10-2-6-14-33(26)38-34-15-7-3-11-27(34)29-21-23(17-19-32(29)37(31)38)24-18-20-36-30(22-24)28-12-4-8-16-35(28)39-36/h1-22H. The minimum Gasteiger partial charge on any atom is -0.456 e. The SMILES string of the molecule is c1ccc2c(c1)B1c3ccc(-c4ccc5oc6ccccc6c5c4)cc3-c3ccccc3N1c1ccccc1-2. The first-order valence-corrected chi connectivity index (χ1v) is 13.5. The molecule has 2 aliphatic rings. The Morgan fingerprint density at radius 1 is 0.436 bits per heavy atom. The Kier molecular flexibility index (Phi) is 4.17. The average Bonchev–Trinajstić information content (AvgIpc) is 3.38. The summed E-state index contributed by atoms with van der Waals surface area (Å²) in [5, 5.41) is 2.32. The first kappa shape index (κ1) is 21.0. The Bertz CT molecular complexity index is 2110. The van der Waals surface area contributed by atoms with E-state index in [-0.39, 0.29) is 6.85 Å². The minimum atomic E-state index is 0.121. The molecule has 39 heavy (non-hydrogen) atoms. The van der Waals surface area contributed by atoms with Gasteiger partial charge in [0.05, 0.1) is 0 Å². The highest BCUT2D eigenvalue weighted by atomic mass is 16.3. The van der Waals surface area contributed by atoms with E-state index in [2.05, 4.69) is 126 Å². The van der Waals surface area contributed by atoms with E-state index < -0.39 is 0 Å². The molecule has 180 valence electrons. The van der Waals surface area contributed by atoms with E-state index in [0.29, 0.717) is 0 Å². The molecule has 2 nitrogen and oxygen atoms in total. The monoisotopic (exact) mass is 495 g/mol. The molecule has 0 saturated carbocycles. The molecule has 0 unspecified atom stereocenters. The lowest BCUT2D eigenvalue weighted by Crippen LogP contribution is -2.59. The summed E-state index contributed by atoms with van der Waals surface area (Å²) >= 11 is 0. The Morgan fingerprint density at radius 3 is 1.87 bits per heavy atom. The first-order chi connectivity index (χ1) is 19.3. The molecule has 0 N–H and O–H groups in total. The third-order valence-corrected chi connectivity index (χ3v) is 8.48. The summed E-state index contributed by atoms with van der Waals surface area (Å²) in [6, 6.07) is 48.4. The third-order valence-electron chi connectivity index (χ3n) is 8.48. The fraction of sp³-hybridized carbons (Fsp3) is 0. The van der Waals surface area contributed by atoms with Crippen LogP contribution in [0.3, 0.4) is 0 Å². The van der Waals surface area contributed by atoms with E-state index >= 15 is 0 Å². The summed E-state index contributed by atoms with van der Waals surface area (Å²) in [5.74, 6) is 0. The van der Waals surface area contributed by atoms with Crippen LogP contribution in [0.4, 0.5) is 11.4 Å².